The van der Waals surface area contributed by atoms with Crippen LogP contribution >= 0.6 is 0 Å². The number of amides is 1. The van der Waals surface area contributed by atoms with Crippen LogP contribution in [0.5, 0.6) is 0 Å². The highest BCUT2D eigenvalue weighted by Crippen LogP contribution is 2.12. The van der Waals surface area contributed by atoms with Crippen LogP contribution in [0.25, 0.3) is 0 Å². The number of hydrogen-bond acceptors (Lipinski definition) is 4. The molecular formula is C12H18N2O4. The third-order valence-corrected chi connectivity index (χ3v) is 2.67. The maximum Gasteiger partial charge on any atom is 0.303 e. The van der Waals surface area contributed by atoms with Crippen molar-refractivity contribution < 1.29 is 19.2 Å². The van der Waals surface area contributed by atoms with Crippen LogP contribution in [-0.2, 0) is 4.79 Å². The largest absolute Gasteiger partial charge is 0.481 e. The summed E-state index contributed by atoms with van der Waals surface area (Å²) in [6, 6.07) is -0.0782. The van der Waals surface area contributed by atoms with Crippen LogP contribution in [0.1, 0.15) is 48.0 Å². The maximum atomic E-state index is 11.9. The lowest BCUT2D eigenvalue weighted by Crippen LogP contribution is -2.33. The van der Waals surface area contributed by atoms with Crippen LogP contribution < -0.4 is 5.32 Å². The molecule has 1 atom stereocenters. The van der Waals surface area contributed by atoms with E-state index < -0.39 is 5.97 Å². The smallest absolute Gasteiger partial charge is 0.303 e. The predicted molar refractivity (Wildman–Crippen MR) is 64.4 cm³/mol. The molecule has 2 N–H and O–H groups in total. The quantitative estimate of drug-likeness (QED) is 0.805. The molecule has 18 heavy (non-hydrogen) atoms. The average molecular weight is 254 g/mol. The first-order valence-electron chi connectivity index (χ1n) is 5.87. The van der Waals surface area contributed by atoms with Gasteiger partial charge < -0.3 is 14.9 Å². The van der Waals surface area contributed by atoms with Gasteiger partial charge in [-0.05, 0) is 33.6 Å². The van der Waals surface area contributed by atoms with Gasteiger partial charge in [0.25, 0.3) is 5.91 Å². The monoisotopic (exact) mass is 254 g/mol. The Labute approximate surface area is 105 Å². The fourth-order valence-corrected chi connectivity index (χ4v) is 1.73. The van der Waals surface area contributed by atoms with Gasteiger partial charge in [-0.15, -0.1) is 0 Å². The fourth-order valence-electron chi connectivity index (χ4n) is 1.73. The van der Waals surface area contributed by atoms with Crippen LogP contribution in [0.3, 0.4) is 0 Å². The van der Waals surface area contributed by atoms with Crippen molar-refractivity contribution in [1.29, 1.82) is 0 Å². The Balaban J connectivity index is 2.47. The average Bonchev–Trinajstić information content (AvgIpc) is 2.57. The Morgan fingerprint density at radius 3 is 2.61 bits per heavy atom. The minimum Gasteiger partial charge on any atom is -0.481 e. The van der Waals surface area contributed by atoms with Gasteiger partial charge in [-0.1, -0.05) is 5.16 Å². The summed E-state index contributed by atoms with van der Waals surface area (Å²) in [4.78, 5) is 22.3. The molecule has 100 valence electrons. The van der Waals surface area contributed by atoms with Crippen LogP contribution in [0.2, 0.25) is 0 Å². The highest BCUT2D eigenvalue weighted by atomic mass is 16.5. The summed E-state index contributed by atoms with van der Waals surface area (Å²) < 4.78 is 4.92. The molecule has 1 unspecified atom stereocenters. The minimum absolute atomic E-state index is 0.0782. The van der Waals surface area contributed by atoms with E-state index in [9.17, 15) is 9.59 Å². The Hall–Kier alpha value is -1.85. The second-order valence-electron chi connectivity index (χ2n) is 4.36. The molecule has 6 nitrogen and oxygen atoms in total. The van der Waals surface area contributed by atoms with Gasteiger partial charge in [0, 0.05) is 12.5 Å². The number of carbonyl (C=O) groups is 2. The summed E-state index contributed by atoms with van der Waals surface area (Å²) in [5, 5.41) is 15.0. The molecule has 0 saturated heterocycles. The van der Waals surface area contributed by atoms with Crippen molar-refractivity contribution in [1.82, 2.24) is 10.5 Å². The molecule has 0 aliphatic rings. The van der Waals surface area contributed by atoms with Gasteiger partial charge in [-0.2, -0.15) is 0 Å². The van der Waals surface area contributed by atoms with E-state index in [1.54, 1.807) is 13.8 Å². The highest BCUT2D eigenvalue weighted by molar-refractivity contribution is 5.96. The predicted octanol–water partition coefficient (Wildman–Crippen LogP) is 1.66. The number of nitrogens with zero attached hydrogens (tertiary/aromatic N) is 1. The number of hydrogen-bond donors (Lipinski definition) is 2. The molecule has 1 aromatic heterocycles. The topological polar surface area (TPSA) is 92.4 Å². The standard InChI is InChI=1S/C12H18N2O4/c1-7(5-4-6-10(15)16)13-12(17)11-8(2)14-18-9(11)3/h7H,4-6H2,1-3H3,(H,13,17)(H,15,16). The van der Waals surface area contributed by atoms with Crippen molar-refractivity contribution >= 4 is 11.9 Å². The number of carboxylic acids is 1. The summed E-state index contributed by atoms with van der Waals surface area (Å²) in [6.45, 7) is 5.24. The molecule has 0 spiro atoms. The van der Waals surface area contributed by atoms with Crippen molar-refractivity contribution in [2.75, 3.05) is 0 Å². The molecule has 0 bridgehead atoms. The van der Waals surface area contributed by atoms with Crippen molar-refractivity contribution in [3.63, 3.8) is 0 Å². The van der Waals surface area contributed by atoms with Gasteiger partial charge in [-0.3, -0.25) is 9.59 Å². The fraction of sp³-hybridized carbons (Fsp3) is 0.583. The molecule has 1 heterocycles. The SMILES string of the molecule is Cc1noc(C)c1C(=O)NC(C)CCCC(=O)O. The molecular weight excluding hydrogens is 236 g/mol. The zero-order chi connectivity index (χ0) is 13.7. The van der Waals surface area contributed by atoms with E-state index in [2.05, 4.69) is 10.5 Å². The van der Waals surface area contributed by atoms with E-state index in [4.69, 9.17) is 9.63 Å². The van der Waals surface area contributed by atoms with Crippen molar-refractivity contribution in [3.8, 4) is 0 Å². The molecule has 0 aliphatic heterocycles. The molecule has 0 fully saturated rings. The zero-order valence-electron chi connectivity index (χ0n) is 10.8. The first-order valence-corrected chi connectivity index (χ1v) is 5.87. The molecule has 1 amide bonds. The number of aliphatic carboxylic acids is 1. The number of carboxylic acid groups (broad SMARTS) is 1. The number of rotatable bonds is 6. The van der Waals surface area contributed by atoms with Crippen LogP contribution in [0.15, 0.2) is 4.52 Å². The zero-order valence-corrected chi connectivity index (χ0v) is 10.8. The van der Waals surface area contributed by atoms with Crippen LogP contribution in [-0.4, -0.2) is 28.2 Å². The lowest BCUT2D eigenvalue weighted by atomic mass is 10.1. The molecule has 1 rings (SSSR count). The normalized spacial score (nSPS) is 12.2. The molecule has 1 aromatic rings. The van der Waals surface area contributed by atoms with Crippen molar-refractivity contribution in [3.05, 3.63) is 17.0 Å². The van der Waals surface area contributed by atoms with E-state index in [1.807, 2.05) is 6.92 Å². The van der Waals surface area contributed by atoms with Gasteiger partial charge in [0.05, 0.1) is 5.69 Å². The molecule has 0 aliphatic carbocycles. The summed E-state index contributed by atoms with van der Waals surface area (Å²) in [5.74, 6) is -0.559. The van der Waals surface area contributed by atoms with Gasteiger partial charge in [0.15, 0.2) is 0 Å². The number of aryl methyl sites for hydroxylation is 2. The van der Waals surface area contributed by atoms with Gasteiger partial charge >= 0.3 is 5.97 Å². The van der Waals surface area contributed by atoms with Crippen LogP contribution in [0, 0.1) is 13.8 Å². The summed E-state index contributed by atoms with van der Waals surface area (Å²) in [5.41, 5.74) is 1.02. The molecule has 0 aromatic carbocycles. The number of aromatic nitrogens is 1. The van der Waals surface area contributed by atoms with Gasteiger partial charge in [-0.25, -0.2) is 0 Å². The van der Waals surface area contributed by atoms with Crippen LogP contribution in [0.4, 0.5) is 0 Å². The lowest BCUT2D eigenvalue weighted by molar-refractivity contribution is -0.137. The Kier molecular flexibility index (Phi) is 4.88. The first-order chi connectivity index (χ1) is 8.41. The van der Waals surface area contributed by atoms with Crippen molar-refractivity contribution in [2.24, 2.45) is 0 Å². The number of carbonyl (C=O) groups excluding carboxylic acids is 1. The van der Waals surface area contributed by atoms with E-state index in [1.165, 1.54) is 0 Å². The van der Waals surface area contributed by atoms with E-state index in [0.29, 0.717) is 29.9 Å². The Morgan fingerprint density at radius 2 is 2.11 bits per heavy atom. The summed E-state index contributed by atoms with van der Waals surface area (Å²) in [7, 11) is 0. The molecule has 0 radical (unpaired) electrons. The second kappa shape index (κ2) is 6.18. The Morgan fingerprint density at radius 1 is 1.44 bits per heavy atom. The van der Waals surface area contributed by atoms with E-state index in [-0.39, 0.29) is 18.4 Å². The molecule has 0 saturated carbocycles. The van der Waals surface area contributed by atoms with Gasteiger partial charge in [0.2, 0.25) is 0 Å². The Bertz CT molecular complexity index is 420. The van der Waals surface area contributed by atoms with E-state index >= 15 is 0 Å². The summed E-state index contributed by atoms with van der Waals surface area (Å²) >= 11 is 0. The molecule has 6 heteroatoms. The third-order valence-electron chi connectivity index (χ3n) is 2.67. The second-order valence-corrected chi connectivity index (χ2v) is 4.36. The first kappa shape index (κ1) is 14.2. The maximum absolute atomic E-state index is 11.9. The van der Waals surface area contributed by atoms with Gasteiger partial charge in [0.1, 0.15) is 11.3 Å². The minimum atomic E-state index is -0.820. The van der Waals surface area contributed by atoms with Crippen molar-refractivity contribution in [2.45, 2.75) is 46.1 Å². The lowest BCUT2D eigenvalue weighted by Gasteiger charge is -2.12. The van der Waals surface area contributed by atoms with E-state index in [0.717, 1.165) is 0 Å². The highest BCUT2D eigenvalue weighted by Gasteiger charge is 2.18. The number of nitrogens with one attached hydrogen (secondary N) is 1. The third kappa shape index (κ3) is 3.87. The summed E-state index contributed by atoms with van der Waals surface area (Å²) in [6.07, 6.45) is 1.28.